The first-order valence-electron chi connectivity index (χ1n) is 11.0. The van der Waals surface area contributed by atoms with Gasteiger partial charge >= 0.3 is 0 Å². The number of amides is 2. The van der Waals surface area contributed by atoms with Crippen LogP contribution in [0.3, 0.4) is 0 Å². The zero-order chi connectivity index (χ0) is 21.3. The maximum atomic E-state index is 12.7. The number of hydrogen-bond acceptors (Lipinski definition) is 5. The molecular formula is C22H32IN5O3. The van der Waals surface area contributed by atoms with E-state index in [1.807, 2.05) is 20.8 Å². The summed E-state index contributed by atoms with van der Waals surface area (Å²) in [6, 6.07) is 0. The fourth-order valence-corrected chi connectivity index (χ4v) is 5.11. The molecule has 4 atom stereocenters. The van der Waals surface area contributed by atoms with Crippen molar-refractivity contribution in [3.05, 3.63) is 29.2 Å². The lowest BCUT2D eigenvalue weighted by Crippen LogP contribution is -2.38. The van der Waals surface area contributed by atoms with Crippen molar-refractivity contribution in [2.24, 2.45) is 28.7 Å². The topological polar surface area (TPSA) is 99.8 Å². The minimum Gasteiger partial charge on any atom is -0.361 e. The normalized spacial score (nSPS) is 26.4. The van der Waals surface area contributed by atoms with Crippen molar-refractivity contribution in [2.75, 3.05) is 26.2 Å². The highest BCUT2D eigenvalue weighted by Crippen LogP contribution is 2.52. The summed E-state index contributed by atoms with van der Waals surface area (Å²) in [6.45, 7) is 8.38. The summed E-state index contributed by atoms with van der Waals surface area (Å²) in [7, 11) is 0. The van der Waals surface area contributed by atoms with E-state index >= 15 is 0 Å². The second kappa shape index (κ2) is 10.1. The van der Waals surface area contributed by atoms with Crippen molar-refractivity contribution in [1.82, 2.24) is 20.7 Å². The number of imide groups is 1. The van der Waals surface area contributed by atoms with Gasteiger partial charge in [0.2, 0.25) is 11.8 Å². The van der Waals surface area contributed by atoms with E-state index in [2.05, 4.69) is 32.9 Å². The van der Waals surface area contributed by atoms with Gasteiger partial charge in [-0.15, -0.1) is 24.0 Å². The number of nitrogens with zero attached hydrogens (tertiary/aromatic N) is 3. The second-order valence-corrected chi connectivity index (χ2v) is 8.42. The predicted molar refractivity (Wildman–Crippen MR) is 128 cm³/mol. The van der Waals surface area contributed by atoms with Gasteiger partial charge in [0, 0.05) is 31.7 Å². The van der Waals surface area contributed by atoms with Crippen LogP contribution in [0.5, 0.6) is 0 Å². The number of hydrogen-bond donors (Lipinski definition) is 2. The summed E-state index contributed by atoms with van der Waals surface area (Å²) < 4.78 is 5.20. The van der Waals surface area contributed by atoms with Gasteiger partial charge in [-0.3, -0.25) is 19.5 Å². The summed E-state index contributed by atoms with van der Waals surface area (Å²) in [5, 5.41) is 10.5. The van der Waals surface area contributed by atoms with Crippen LogP contribution in [0, 0.1) is 37.5 Å². The molecule has 2 aliphatic carbocycles. The van der Waals surface area contributed by atoms with Crippen LogP contribution in [0.15, 0.2) is 21.7 Å². The molecule has 2 fully saturated rings. The van der Waals surface area contributed by atoms with Gasteiger partial charge in [0.05, 0.1) is 17.5 Å². The second-order valence-electron chi connectivity index (χ2n) is 8.42. The average molecular weight is 541 g/mol. The van der Waals surface area contributed by atoms with Crippen molar-refractivity contribution >= 4 is 41.8 Å². The third-order valence-electron chi connectivity index (χ3n) is 6.56. The number of carbonyl (C=O) groups is 2. The van der Waals surface area contributed by atoms with Crippen LogP contribution in [-0.4, -0.2) is 54.0 Å². The summed E-state index contributed by atoms with van der Waals surface area (Å²) in [5.41, 5.74) is 2.04. The maximum Gasteiger partial charge on any atom is 0.233 e. The molecule has 3 aliphatic rings. The van der Waals surface area contributed by atoms with Crippen molar-refractivity contribution in [2.45, 2.75) is 40.0 Å². The Balaban J connectivity index is 0.00000272. The molecule has 2 bridgehead atoms. The molecule has 8 nitrogen and oxygen atoms in total. The SMILES string of the molecule is CCNC(=NCCCN1C(=O)C2C3C=CC(C3)C2C1=O)NCCc1c(C)noc1C.I. The molecule has 4 unspecified atom stereocenters. The van der Waals surface area contributed by atoms with Crippen LogP contribution in [0.25, 0.3) is 0 Å². The molecule has 0 spiro atoms. The summed E-state index contributed by atoms with van der Waals surface area (Å²) >= 11 is 0. The van der Waals surface area contributed by atoms with Crippen molar-refractivity contribution in [3.8, 4) is 0 Å². The molecule has 170 valence electrons. The number of aryl methyl sites for hydroxylation is 2. The van der Waals surface area contributed by atoms with Gasteiger partial charge in [0.25, 0.3) is 0 Å². The van der Waals surface area contributed by atoms with E-state index < -0.39 is 0 Å². The van der Waals surface area contributed by atoms with Crippen LogP contribution in [0.4, 0.5) is 0 Å². The number of nitrogens with one attached hydrogen (secondary N) is 2. The standard InChI is InChI=1S/C22H31N5O3.HI/c1-4-23-22(25-10-8-17-13(2)26-30-14(17)3)24-9-5-11-27-20(28)18-15-6-7-16(12-15)19(18)21(27)29;/h6-7,15-16,18-19H,4-5,8-12H2,1-3H3,(H2,23,24,25);1H. The Bertz CT molecular complexity index is 831. The number of carbonyl (C=O) groups excluding carboxylic acids is 2. The van der Waals surface area contributed by atoms with Crippen molar-refractivity contribution < 1.29 is 14.1 Å². The summed E-state index contributed by atoms with van der Waals surface area (Å²) in [6.07, 6.45) is 6.70. The average Bonchev–Trinajstić information content (AvgIpc) is 3.47. The Morgan fingerprint density at radius 3 is 2.45 bits per heavy atom. The first-order chi connectivity index (χ1) is 14.5. The zero-order valence-corrected chi connectivity index (χ0v) is 20.7. The Labute approximate surface area is 200 Å². The molecule has 9 heteroatoms. The fourth-order valence-electron chi connectivity index (χ4n) is 5.11. The first-order valence-corrected chi connectivity index (χ1v) is 11.0. The first kappa shape index (κ1) is 23.7. The largest absolute Gasteiger partial charge is 0.361 e. The minimum atomic E-state index is -0.112. The molecule has 2 heterocycles. The number of aliphatic imine (C=N–C) groups is 1. The number of aromatic nitrogens is 1. The predicted octanol–water partition coefficient (Wildman–Crippen LogP) is 2.20. The number of halogens is 1. The highest BCUT2D eigenvalue weighted by atomic mass is 127. The quantitative estimate of drug-likeness (QED) is 0.131. The van der Waals surface area contributed by atoms with E-state index in [1.54, 1.807) is 0 Å². The third-order valence-corrected chi connectivity index (χ3v) is 6.56. The van der Waals surface area contributed by atoms with Crippen molar-refractivity contribution in [1.29, 1.82) is 0 Å². The van der Waals surface area contributed by atoms with E-state index in [0.29, 0.717) is 19.5 Å². The monoisotopic (exact) mass is 541 g/mol. The highest BCUT2D eigenvalue weighted by molar-refractivity contribution is 14.0. The molecule has 1 aromatic rings. The molecular weight excluding hydrogens is 509 g/mol. The Hall–Kier alpha value is -1.91. The fraction of sp³-hybridized carbons (Fsp3) is 0.636. The Morgan fingerprint density at radius 2 is 1.87 bits per heavy atom. The minimum absolute atomic E-state index is 0. The summed E-state index contributed by atoms with van der Waals surface area (Å²) in [5.74, 6) is 1.94. The van der Waals surface area contributed by atoms with Gasteiger partial charge in [-0.05, 0) is 51.9 Å². The number of rotatable bonds is 8. The highest BCUT2D eigenvalue weighted by Gasteiger charge is 2.58. The van der Waals surface area contributed by atoms with Gasteiger partial charge in [0.1, 0.15) is 5.76 Å². The smallest absolute Gasteiger partial charge is 0.233 e. The van der Waals surface area contributed by atoms with Crippen LogP contribution < -0.4 is 10.6 Å². The molecule has 2 amide bonds. The lowest BCUT2D eigenvalue weighted by Gasteiger charge is -2.17. The van der Waals surface area contributed by atoms with E-state index in [0.717, 1.165) is 48.9 Å². The maximum absolute atomic E-state index is 12.7. The lowest BCUT2D eigenvalue weighted by molar-refractivity contribution is -0.140. The molecule has 1 aliphatic heterocycles. The number of likely N-dealkylation sites (tertiary alicyclic amines) is 1. The molecule has 1 saturated carbocycles. The van der Waals surface area contributed by atoms with E-state index in [9.17, 15) is 9.59 Å². The van der Waals surface area contributed by atoms with Crippen molar-refractivity contribution in [3.63, 3.8) is 0 Å². The molecule has 0 aromatic carbocycles. The number of fused-ring (bicyclic) bond motifs is 5. The zero-order valence-electron chi connectivity index (χ0n) is 18.4. The molecule has 0 radical (unpaired) electrons. The van der Waals surface area contributed by atoms with Crippen LogP contribution in [0.1, 0.15) is 36.8 Å². The Kier molecular flexibility index (Phi) is 7.77. The molecule has 31 heavy (non-hydrogen) atoms. The summed E-state index contributed by atoms with van der Waals surface area (Å²) in [4.78, 5) is 31.5. The number of guanidine groups is 1. The molecule has 1 aromatic heterocycles. The molecule has 1 saturated heterocycles. The van der Waals surface area contributed by atoms with Gasteiger partial charge in [-0.2, -0.15) is 0 Å². The van der Waals surface area contributed by atoms with Gasteiger partial charge < -0.3 is 15.2 Å². The molecule has 4 rings (SSSR count). The molecule has 2 N–H and O–H groups in total. The van der Waals surface area contributed by atoms with E-state index in [4.69, 9.17) is 4.52 Å². The van der Waals surface area contributed by atoms with Crippen LogP contribution in [-0.2, 0) is 16.0 Å². The Morgan fingerprint density at radius 1 is 1.19 bits per heavy atom. The van der Waals surface area contributed by atoms with Gasteiger partial charge in [-0.1, -0.05) is 17.3 Å². The van der Waals surface area contributed by atoms with E-state index in [-0.39, 0.29) is 59.5 Å². The third kappa shape index (κ3) is 4.65. The van der Waals surface area contributed by atoms with E-state index in [1.165, 1.54) is 4.90 Å². The number of allylic oxidation sites excluding steroid dienone is 2. The lowest BCUT2D eigenvalue weighted by atomic mass is 9.85. The van der Waals surface area contributed by atoms with Gasteiger partial charge in [0.15, 0.2) is 5.96 Å². The van der Waals surface area contributed by atoms with Gasteiger partial charge in [-0.25, -0.2) is 0 Å². The van der Waals surface area contributed by atoms with Crippen LogP contribution >= 0.6 is 24.0 Å². The van der Waals surface area contributed by atoms with Crippen LogP contribution in [0.2, 0.25) is 0 Å².